The summed E-state index contributed by atoms with van der Waals surface area (Å²) < 4.78 is 48.8. The van der Waals surface area contributed by atoms with Crippen LogP contribution in [0.15, 0.2) is 10.5 Å². The number of hydrogen-bond donors (Lipinski definition) is 0. The van der Waals surface area contributed by atoms with Crippen molar-refractivity contribution in [1.29, 1.82) is 0 Å². The van der Waals surface area contributed by atoms with Gasteiger partial charge in [-0.3, -0.25) is 14.4 Å². The van der Waals surface area contributed by atoms with Gasteiger partial charge in [-0.2, -0.15) is 0 Å². The largest absolute Gasteiger partial charge is 0.465 e. The molecule has 2 radical (unpaired) electrons. The second kappa shape index (κ2) is 9.99. The molecule has 0 heterocycles. The van der Waals surface area contributed by atoms with Gasteiger partial charge in [-0.1, -0.05) is 0 Å². The van der Waals surface area contributed by atoms with Crippen molar-refractivity contribution in [2.75, 3.05) is 13.2 Å². The van der Waals surface area contributed by atoms with Crippen LogP contribution in [0, 0.1) is 23.4 Å². The summed E-state index contributed by atoms with van der Waals surface area (Å²) in [6, 6.07) is 0.267. The molecule has 0 saturated carbocycles. The van der Waals surface area contributed by atoms with E-state index in [-0.39, 0.29) is 42.3 Å². The van der Waals surface area contributed by atoms with Gasteiger partial charge in [-0.05, 0) is 35.8 Å². The molecule has 1 rings (SSSR count). The number of rotatable bonds is 6. The zero-order valence-corrected chi connectivity index (χ0v) is 15.8. The maximum atomic E-state index is 14.0. The molecule has 0 aliphatic carbocycles. The number of esters is 2. The lowest BCUT2D eigenvalue weighted by Gasteiger charge is -2.14. The van der Waals surface area contributed by atoms with E-state index in [1.807, 2.05) is 0 Å². The third-order valence-electron chi connectivity index (χ3n) is 2.67. The summed E-state index contributed by atoms with van der Waals surface area (Å²) in [5.41, 5.74) is -0.970. The highest BCUT2D eigenvalue weighted by Crippen LogP contribution is 2.27. The van der Waals surface area contributed by atoms with Gasteiger partial charge in [0.05, 0.1) is 23.2 Å². The minimum atomic E-state index is -2.12. The predicted octanol–water partition coefficient (Wildman–Crippen LogP) is 2.41. The van der Waals surface area contributed by atoms with Crippen molar-refractivity contribution in [1.82, 2.24) is 0 Å². The molecule has 0 bridgehead atoms. The van der Waals surface area contributed by atoms with E-state index in [0.717, 1.165) is 0 Å². The number of Topliss-reactive ketones (excluding diaryl/α,β-unsaturated/α-hetero) is 1. The maximum Gasteiger partial charge on any atom is 0.328 e. The Labute approximate surface area is 160 Å². The summed E-state index contributed by atoms with van der Waals surface area (Å²) in [4.78, 5) is 35.8. The van der Waals surface area contributed by atoms with Crippen LogP contribution >= 0.6 is 15.9 Å². The first kappa shape index (κ1) is 22.9. The first-order chi connectivity index (χ1) is 10.8. The Morgan fingerprint density at radius 3 is 1.92 bits per heavy atom. The molecule has 1 aromatic rings. The van der Waals surface area contributed by atoms with Crippen LogP contribution in [0.4, 0.5) is 13.2 Å². The zero-order valence-electron chi connectivity index (χ0n) is 12.8. The van der Waals surface area contributed by atoms with Crippen molar-refractivity contribution in [2.24, 2.45) is 5.92 Å². The zero-order chi connectivity index (χ0) is 17.7. The summed E-state index contributed by atoms with van der Waals surface area (Å²) in [5, 5.41) is 0. The monoisotopic (exact) mass is 420 g/mol. The van der Waals surface area contributed by atoms with E-state index >= 15 is 0 Å². The number of ketones is 1. The van der Waals surface area contributed by atoms with Crippen molar-refractivity contribution in [3.05, 3.63) is 33.6 Å². The van der Waals surface area contributed by atoms with E-state index in [0.29, 0.717) is 0 Å². The molecule has 128 valence electrons. The molecule has 0 spiro atoms. The molecule has 0 amide bonds. The molecule has 24 heavy (non-hydrogen) atoms. The third-order valence-corrected chi connectivity index (χ3v) is 3.37. The molecule has 0 fully saturated rings. The van der Waals surface area contributed by atoms with Gasteiger partial charge in [0.1, 0.15) is 0 Å². The average Bonchev–Trinajstić information content (AvgIpc) is 2.49. The number of halogens is 4. The lowest BCUT2D eigenvalue weighted by Crippen LogP contribution is -2.35. The fourth-order valence-corrected chi connectivity index (χ4v) is 2.07. The first-order valence-corrected chi connectivity index (χ1v) is 7.25. The SMILES string of the molecule is CCOC(=O)C(C(=O)OCC)C(=O)c1cc(F)c(F)c(Br)c1F.[Mg]. The van der Waals surface area contributed by atoms with Crippen LogP contribution < -0.4 is 0 Å². The standard InChI is InChI=1S/C14H12BrF3O5.Mg/c1-3-22-13(20)8(14(21)23-4-2)12(19)6-5-7(16)11(18)9(15)10(6)17;/h5,8H,3-4H2,1-2H3;. The summed E-state index contributed by atoms with van der Waals surface area (Å²) in [5.74, 6) is -10.5. The Morgan fingerprint density at radius 2 is 1.50 bits per heavy atom. The van der Waals surface area contributed by atoms with Gasteiger partial charge in [0.2, 0.25) is 5.92 Å². The molecule has 0 unspecified atom stereocenters. The van der Waals surface area contributed by atoms with Crippen LogP contribution in [-0.4, -0.2) is 54.0 Å². The third kappa shape index (κ3) is 4.93. The van der Waals surface area contributed by atoms with E-state index < -0.39 is 51.1 Å². The Morgan fingerprint density at radius 1 is 1.04 bits per heavy atom. The van der Waals surface area contributed by atoms with Crippen LogP contribution in [0.5, 0.6) is 0 Å². The molecule has 1 aromatic carbocycles. The maximum absolute atomic E-state index is 14.0. The van der Waals surface area contributed by atoms with Crippen LogP contribution in [0.3, 0.4) is 0 Å². The number of ether oxygens (including phenoxy) is 2. The Balaban J connectivity index is 0.00000529. The molecule has 0 saturated heterocycles. The Kier molecular flexibility index (Phi) is 9.52. The van der Waals surface area contributed by atoms with Crippen molar-refractivity contribution < 1.29 is 37.0 Å². The van der Waals surface area contributed by atoms with E-state index in [2.05, 4.69) is 25.4 Å². The van der Waals surface area contributed by atoms with Crippen molar-refractivity contribution in [3.8, 4) is 0 Å². The smallest absolute Gasteiger partial charge is 0.328 e. The summed E-state index contributed by atoms with van der Waals surface area (Å²) in [7, 11) is 0. The molecule has 5 nitrogen and oxygen atoms in total. The Hall–Kier alpha value is -1.13. The van der Waals surface area contributed by atoms with Crippen LogP contribution in [0.1, 0.15) is 24.2 Å². The van der Waals surface area contributed by atoms with Crippen molar-refractivity contribution in [2.45, 2.75) is 13.8 Å². The van der Waals surface area contributed by atoms with Crippen molar-refractivity contribution in [3.63, 3.8) is 0 Å². The van der Waals surface area contributed by atoms with Gasteiger partial charge >= 0.3 is 11.9 Å². The quantitative estimate of drug-likeness (QED) is 0.176. The molecule has 0 aliphatic heterocycles. The summed E-state index contributed by atoms with van der Waals surface area (Å²) in [6.45, 7) is 2.57. The molecule has 0 aliphatic rings. The molecule has 0 atom stereocenters. The molecule has 0 aromatic heterocycles. The normalized spacial score (nSPS) is 10.1. The summed E-state index contributed by atoms with van der Waals surface area (Å²) in [6.07, 6.45) is 0. The minimum absolute atomic E-state index is 0. The van der Waals surface area contributed by atoms with E-state index in [9.17, 15) is 27.6 Å². The highest BCUT2D eigenvalue weighted by atomic mass is 79.9. The fourth-order valence-electron chi connectivity index (χ4n) is 1.67. The number of hydrogen-bond acceptors (Lipinski definition) is 5. The second-order valence-electron chi connectivity index (χ2n) is 4.15. The van der Waals surface area contributed by atoms with Crippen LogP contribution in [-0.2, 0) is 19.1 Å². The number of carbonyl (C=O) groups excluding carboxylic acids is 3. The minimum Gasteiger partial charge on any atom is -0.465 e. The fraction of sp³-hybridized carbons (Fsp3) is 0.357. The van der Waals surface area contributed by atoms with Gasteiger partial charge < -0.3 is 9.47 Å². The molecule has 0 N–H and O–H groups in total. The number of benzene rings is 1. The first-order valence-electron chi connectivity index (χ1n) is 6.46. The van der Waals surface area contributed by atoms with E-state index in [1.165, 1.54) is 13.8 Å². The lowest BCUT2D eigenvalue weighted by molar-refractivity contribution is -0.158. The van der Waals surface area contributed by atoms with Crippen LogP contribution in [0.25, 0.3) is 0 Å². The van der Waals surface area contributed by atoms with E-state index in [4.69, 9.17) is 0 Å². The highest BCUT2D eigenvalue weighted by molar-refractivity contribution is 9.10. The van der Waals surface area contributed by atoms with E-state index in [1.54, 1.807) is 0 Å². The molecule has 10 heteroatoms. The van der Waals surface area contributed by atoms with Gasteiger partial charge in [0, 0.05) is 23.1 Å². The summed E-state index contributed by atoms with van der Waals surface area (Å²) >= 11 is 2.46. The number of carbonyl (C=O) groups is 3. The molecular weight excluding hydrogens is 409 g/mol. The van der Waals surface area contributed by atoms with Crippen molar-refractivity contribution >= 4 is 56.7 Å². The Bertz CT molecular complexity index is 636. The van der Waals surface area contributed by atoms with Crippen LogP contribution in [0.2, 0.25) is 0 Å². The topological polar surface area (TPSA) is 69.7 Å². The second-order valence-corrected chi connectivity index (χ2v) is 4.94. The highest BCUT2D eigenvalue weighted by Gasteiger charge is 2.39. The van der Waals surface area contributed by atoms with Gasteiger partial charge in [-0.15, -0.1) is 0 Å². The van der Waals surface area contributed by atoms with Gasteiger partial charge in [0.15, 0.2) is 23.2 Å². The average molecular weight is 421 g/mol. The van der Waals surface area contributed by atoms with Gasteiger partial charge in [-0.25, -0.2) is 13.2 Å². The molecular formula is C14H12BrF3MgO5. The van der Waals surface area contributed by atoms with Gasteiger partial charge in [0.25, 0.3) is 0 Å². The lowest BCUT2D eigenvalue weighted by atomic mass is 9.97. The predicted molar refractivity (Wildman–Crippen MR) is 80.9 cm³/mol.